The Morgan fingerprint density at radius 3 is 2.88 bits per heavy atom. The monoisotopic (exact) mass is 211 g/mol. The zero-order chi connectivity index (χ0) is 11.7. The largest absolute Gasteiger partial charge is 0.353 e. The first-order valence-corrected chi connectivity index (χ1v) is 4.85. The van der Waals surface area contributed by atoms with Crippen LogP contribution in [0.4, 0.5) is 0 Å². The summed E-state index contributed by atoms with van der Waals surface area (Å²) in [6, 6.07) is 5.50. The molecule has 0 atom stereocenters. The first kappa shape index (κ1) is 10.3. The van der Waals surface area contributed by atoms with E-state index < -0.39 is 0 Å². The second-order valence-corrected chi connectivity index (χ2v) is 3.73. The molecule has 2 rings (SSSR count). The minimum Gasteiger partial charge on any atom is -0.353 e. The maximum atomic E-state index is 11.8. The molecule has 0 aliphatic rings. The number of aromatic nitrogens is 1. The van der Waals surface area contributed by atoms with Crippen LogP contribution in [0.5, 0.6) is 0 Å². The summed E-state index contributed by atoms with van der Waals surface area (Å²) in [4.78, 5) is 16.3. The summed E-state index contributed by atoms with van der Waals surface area (Å²) >= 11 is 0. The van der Waals surface area contributed by atoms with Gasteiger partial charge in [-0.15, -0.1) is 6.42 Å². The number of amides is 1. The average molecular weight is 211 g/mol. The lowest BCUT2D eigenvalue weighted by atomic mass is 10.1. The Kier molecular flexibility index (Phi) is 2.41. The Hall–Kier alpha value is -2.21. The van der Waals surface area contributed by atoms with Crippen LogP contribution in [0.3, 0.4) is 0 Å². The van der Waals surface area contributed by atoms with Crippen molar-refractivity contribution in [2.75, 3.05) is 14.1 Å². The Morgan fingerprint density at radius 1 is 1.50 bits per heavy atom. The number of nitrogens with zero attached hydrogens (tertiary/aromatic N) is 1. The predicted molar refractivity (Wildman–Crippen MR) is 63.1 cm³/mol. The summed E-state index contributed by atoms with van der Waals surface area (Å²) in [5.41, 5.74) is 2.15. The van der Waals surface area contributed by atoms with E-state index >= 15 is 0 Å². The molecule has 0 unspecified atom stereocenters. The Balaban J connectivity index is 2.64. The fourth-order valence-electron chi connectivity index (χ4n) is 1.54. The molecule has 0 aliphatic carbocycles. The molecule has 1 amide bonds. The van der Waals surface area contributed by atoms with Gasteiger partial charge in [-0.05, 0) is 18.2 Å². The van der Waals surface area contributed by atoms with Crippen molar-refractivity contribution in [3.05, 3.63) is 35.5 Å². The van der Waals surface area contributed by atoms with Crippen LogP contribution >= 0.6 is 0 Å². The molecule has 0 fully saturated rings. The summed E-state index contributed by atoms with van der Waals surface area (Å²) in [6.07, 6.45) is 8.19. The lowest BCUT2D eigenvalue weighted by Crippen LogP contribution is -2.21. The molecular weight excluding hydrogens is 200 g/mol. The minimum atomic E-state index is -0.0829. The molecule has 0 saturated heterocycles. The number of hydrogen-bond donors (Lipinski definition) is 1. The van der Waals surface area contributed by atoms with Crippen molar-refractivity contribution in [2.24, 2.45) is 0 Å². The van der Waals surface area contributed by atoms with Crippen LogP contribution in [0, 0.1) is 18.5 Å². The van der Waals surface area contributed by atoms with Crippen LogP contribution < -0.4 is 0 Å². The smallest absolute Gasteiger partial charge is 0.256 e. The highest BCUT2D eigenvalue weighted by atomic mass is 16.2. The van der Waals surface area contributed by atoms with Crippen molar-refractivity contribution >= 4 is 16.8 Å². The van der Waals surface area contributed by atoms with Gasteiger partial charge < -0.3 is 9.88 Å². The van der Waals surface area contributed by atoms with Gasteiger partial charge in [0.1, 0.15) is 0 Å². The molecule has 0 aliphatic heterocycles. The zero-order valence-corrected chi connectivity index (χ0v) is 9.16. The van der Waals surface area contributed by atoms with E-state index in [1.165, 1.54) is 4.90 Å². The number of H-pyrrole nitrogens is 1. The fourth-order valence-corrected chi connectivity index (χ4v) is 1.54. The number of nitrogens with one attached hydrogen (secondary N) is 1. The first-order valence-electron chi connectivity index (χ1n) is 4.85. The number of terminal acetylenes is 1. The number of benzene rings is 1. The van der Waals surface area contributed by atoms with Crippen LogP contribution in [0.2, 0.25) is 0 Å². The quantitative estimate of drug-likeness (QED) is 0.715. The summed E-state index contributed by atoms with van der Waals surface area (Å²) < 4.78 is 0. The number of carbonyl (C=O) groups excluding carboxylic acids is 1. The van der Waals surface area contributed by atoms with E-state index in [-0.39, 0.29) is 5.91 Å². The normalized spacial score (nSPS) is 10.1. The predicted octanol–water partition coefficient (Wildman–Crippen LogP) is 1.65. The van der Waals surface area contributed by atoms with E-state index in [1.807, 2.05) is 18.2 Å². The van der Waals surface area contributed by atoms with Crippen LogP contribution in [0.15, 0.2) is 18.2 Å². The third kappa shape index (κ3) is 1.55. The molecule has 0 saturated carbocycles. The summed E-state index contributed by atoms with van der Waals surface area (Å²) in [7, 11) is 3.42. The molecule has 3 nitrogen and oxygen atoms in total. The summed E-state index contributed by atoms with van der Waals surface area (Å²) in [5.74, 6) is 2.47. The third-order valence-electron chi connectivity index (χ3n) is 2.40. The molecule has 79 valence electrons. The second-order valence-electron chi connectivity index (χ2n) is 3.73. The SMILES string of the molecule is C#Cc1ccc2[nH][c]c(C(=O)N(C)C)c2c1. The highest BCUT2D eigenvalue weighted by Gasteiger charge is 2.14. The standard InChI is InChI=1S/C13H11N2O/c1-4-9-5-6-12-10(7-9)11(8-14-12)13(16)15(2)3/h1,5-7,14H,2-3H3. The molecule has 1 aromatic heterocycles. The van der Waals surface area contributed by atoms with Gasteiger partial charge in [0.15, 0.2) is 0 Å². The van der Waals surface area contributed by atoms with Crippen molar-refractivity contribution < 1.29 is 4.79 Å². The van der Waals surface area contributed by atoms with E-state index in [1.54, 1.807) is 14.1 Å². The highest BCUT2D eigenvalue weighted by molar-refractivity contribution is 6.06. The lowest BCUT2D eigenvalue weighted by molar-refractivity contribution is 0.0829. The van der Waals surface area contributed by atoms with Gasteiger partial charge in [0.05, 0.1) is 11.8 Å². The van der Waals surface area contributed by atoms with E-state index in [9.17, 15) is 4.79 Å². The van der Waals surface area contributed by atoms with Gasteiger partial charge in [-0.25, -0.2) is 0 Å². The van der Waals surface area contributed by atoms with Crippen LogP contribution in [0.25, 0.3) is 10.9 Å². The average Bonchev–Trinajstić information content (AvgIpc) is 2.70. The molecule has 0 spiro atoms. The van der Waals surface area contributed by atoms with Gasteiger partial charge in [0.2, 0.25) is 0 Å². The van der Waals surface area contributed by atoms with Gasteiger partial charge >= 0.3 is 0 Å². The molecule has 3 heteroatoms. The van der Waals surface area contributed by atoms with Gasteiger partial charge in [-0.2, -0.15) is 0 Å². The van der Waals surface area contributed by atoms with Crippen LogP contribution in [-0.2, 0) is 0 Å². The van der Waals surface area contributed by atoms with Crippen molar-refractivity contribution in [2.45, 2.75) is 0 Å². The van der Waals surface area contributed by atoms with Crippen molar-refractivity contribution in [3.63, 3.8) is 0 Å². The molecule has 1 N–H and O–H groups in total. The number of hydrogen-bond acceptors (Lipinski definition) is 1. The Morgan fingerprint density at radius 2 is 2.25 bits per heavy atom. The number of rotatable bonds is 1. The van der Waals surface area contributed by atoms with Crippen LogP contribution in [0.1, 0.15) is 15.9 Å². The molecule has 0 bridgehead atoms. The Labute approximate surface area is 94.1 Å². The number of fused-ring (bicyclic) bond motifs is 1. The molecule has 1 heterocycles. The third-order valence-corrected chi connectivity index (χ3v) is 2.40. The number of carbonyl (C=O) groups is 1. The van der Waals surface area contributed by atoms with Gasteiger partial charge in [0.25, 0.3) is 5.91 Å². The maximum absolute atomic E-state index is 11.8. The van der Waals surface area contributed by atoms with Gasteiger partial charge in [-0.1, -0.05) is 5.92 Å². The molecule has 1 radical (unpaired) electrons. The van der Waals surface area contributed by atoms with Crippen LogP contribution in [-0.4, -0.2) is 29.9 Å². The molecule has 1 aromatic carbocycles. The van der Waals surface area contributed by atoms with E-state index in [0.29, 0.717) is 5.56 Å². The van der Waals surface area contributed by atoms with Gasteiger partial charge in [-0.3, -0.25) is 4.79 Å². The van der Waals surface area contributed by atoms with Crippen molar-refractivity contribution in [1.29, 1.82) is 0 Å². The second kappa shape index (κ2) is 3.74. The van der Waals surface area contributed by atoms with E-state index in [4.69, 9.17) is 6.42 Å². The number of aromatic amines is 1. The van der Waals surface area contributed by atoms with E-state index in [2.05, 4.69) is 17.1 Å². The minimum absolute atomic E-state index is 0.0829. The maximum Gasteiger partial charge on any atom is 0.256 e. The van der Waals surface area contributed by atoms with Gasteiger partial charge in [0, 0.05) is 30.6 Å². The highest BCUT2D eigenvalue weighted by Crippen LogP contribution is 2.20. The molecule has 2 aromatic rings. The fraction of sp³-hybridized carbons (Fsp3) is 0.154. The zero-order valence-electron chi connectivity index (χ0n) is 9.16. The molecular formula is C13H11N2O. The van der Waals surface area contributed by atoms with Crippen molar-refractivity contribution in [1.82, 2.24) is 9.88 Å². The Bertz CT molecular complexity index is 587. The van der Waals surface area contributed by atoms with Crippen molar-refractivity contribution in [3.8, 4) is 12.3 Å². The summed E-state index contributed by atoms with van der Waals surface area (Å²) in [6.45, 7) is 0. The lowest BCUT2D eigenvalue weighted by Gasteiger charge is -2.08. The summed E-state index contributed by atoms with van der Waals surface area (Å²) in [5, 5.41) is 0.814. The topological polar surface area (TPSA) is 36.1 Å². The first-order chi connectivity index (χ1) is 7.63. The molecule has 16 heavy (non-hydrogen) atoms. The van der Waals surface area contributed by atoms with E-state index in [0.717, 1.165) is 16.5 Å².